The highest BCUT2D eigenvalue weighted by molar-refractivity contribution is 14.1. The monoisotopic (exact) mass is 315 g/mol. The number of fused-ring (bicyclic) bond motifs is 1. The number of hydrogen-bond acceptors (Lipinski definition) is 2. The Morgan fingerprint density at radius 1 is 1.40 bits per heavy atom. The van der Waals surface area contributed by atoms with Crippen LogP contribution in [0, 0.1) is 10.5 Å². The van der Waals surface area contributed by atoms with E-state index < -0.39 is 0 Å². The largest absolute Gasteiger partial charge is 0.459 e. The molecule has 1 atom stereocenters. The second kappa shape index (κ2) is 4.14. The lowest BCUT2D eigenvalue weighted by atomic mass is 10.1. The number of benzene rings is 1. The summed E-state index contributed by atoms with van der Waals surface area (Å²) in [5, 5.41) is 4.42. The van der Waals surface area contributed by atoms with Gasteiger partial charge in [0.1, 0.15) is 11.3 Å². The summed E-state index contributed by atoms with van der Waals surface area (Å²) in [6.45, 7) is 4.22. The molecule has 1 aromatic carbocycles. The van der Waals surface area contributed by atoms with Crippen molar-refractivity contribution in [1.29, 1.82) is 0 Å². The van der Waals surface area contributed by atoms with E-state index in [0.717, 1.165) is 11.3 Å². The lowest BCUT2D eigenvalue weighted by molar-refractivity contribution is 0.471. The predicted molar refractivity (Wildman–Crippen MR) is 71.1 cm³/mol. The molecule has 0 fully saturated rings. The highest BCUT2D eigenvalue weighted by atomic mass is 127. The molecular weight excluding hydrogens is 301 g/mol. The van der Waals surface area contributed by atoms with Gasteiger partial charge in [-0.15, -0.1) is 0 Å². The lowest BCUT2D eigenvalue weighted by Crippen LogP contribution is -2.12. The van der Waals surface area contributed by atoms with Gasteiger partial charge in [0, 0.05) is 14.5 Å². The van der Waals surface area contributed by atoms with Crippen molar-refractivity contribution in [2.45, 2.75) is 19.9 Å². The zero-order valence-corrected chi connectivity index (χ0v) is 11.3. The van der Waals surface area contributed by atoms with Gasteiger partial charge >= 0.3 is 0 Å². The van der Waals surface area contributed by atoms with E-state index in [1.54, 1.807) is 0 Å². The minimum Gasteiger partial charge on any atom is -0.459 e. The number of rotatable bonds is 2. The van der Waals surface area contributed by atoms with Gasteiger partial charge in [0.25, 0.3) is 0 Å². The molecule has 3 heteroatoms. The van der Waals surface area contributed by atoms with Gasteiger partial charge in [0.15, 0.2) is 0 Å². The maximum absolute atomic E-state index is 5.84. The number of nitrogens with one attached hydrogen (secondary N) is 1. The second-order valence-corrected chi connectivity index (χ2v) is 4.99. The fraction of sp³-hybridized carbons (Fsp3) is 0.333. The van der Waals surface area contributed by atoms with Gasteiger partial charge in [-0.2, -0.15) is 0 Å². The van der Waals surface area contributed by atoms with Crippen molar-refractivity contribution in [3.8, 4) is 0 Å². The van der Waals surface area contributed by atoms with Crippen molar-refractivity contribution < 1.29 is 4.42 Å². The van der Waals surface area contributed by atoms with E-state index in [1.807, 2.05) is 13.1 Å². The molecule has 0 aliphatic carbocycles. The standard InChI is InChI=1S/C12H14INO/c1-7-10-6-9(13)4-5-11(10)15-12(7)8(2)14-3/h4-6,8,14H,1-3H3. The lowest BCUT2D eigenvalue weighted by Gasteiger charge is -2.06. The first-order valence-corrected chi connectivity index (χ1v) is 6.07. The van der Waals surface area contributed by atoms with E-state index in [9.17, 15) is 0 Å². The molecule has 0 bridgehead atoms. The molecule has 0 aliphatic rings. The smallest absolute Gasteiger partial charge is 0.134 e. The quantitative estimate of drug-likeness (QED) is 0.856. The Morgan fingerprint density at radius 3 is 2.80 bits per heavy atom. The average Bonchev–Trinajstić information content (AvgIpc) is 2.55. The first-order chi connectivity index (χ1) is 7.13. The molecule has 1 heterocycles. The molecule has 0 radical (unpaired) electrons. The van der Waals surface area contributed by atoms with Gasteiger partial charge in [-0.3, -0.25) is 0 Å². The van der Waals surface area contributed by atoms with Gasteiger partial charge in [0.2, 0.25) is 0 Å². The third kappa shape index (κ3) is 1.90. The molecule has 1 N–H and O–H groups in total. The van der Waals surface area contributed by atoms with E-state index in [1.165, 1.54) is 14.5 Å². The summed E-state index contributed by atoms with van der Waals surface area (Å²) >= 11 is 2.32. The fourth-order valence-corrected chi connectivity index (χ4v) is 2.25. The van der Waals surface area contributed by atoms with Crippen LogP contribution in [0.25, 0.3) is 11.0 Å². The van der Waals surface area contributed by atoms with E-state index >= 15 is 0 Å². The maximum atomic E-state index is 5.84. The molecule has 2 aromatic rings. The predicted octanol–water partition coefficient (Wildman–Crippen LogP) is 3.63. The van der Waals surface area contributed by atoms with Gasteiger partial charge in [-0.05, 0) is 61.7 Å². The SMILES string of the molecule is CNC(C)c1oc2ccc(I)cc2c1C. The molecular formula is C12H14INO. The maximum Gasteiger partial charge on any atom is 0.134 e. The molecule has 2 nitrogen and oxygen atoms in total. The van der Waals surface area contributed by atoms with Crippen LogP contribution in [0.3, 0.4) is 0 Å². The van der Waals surface area contributed by atoms with Gasteiger partial charge in [-0.1, -0.05) is 0 Å². The van der Waals surface area contributed by atoms with Crippen molar-refractivity contribution >= 4 is 33.6 Å². The highest BCUT2D eigenvalue weighted by Gasteiger charge is 2.14. The summed E-state index contributed by atoms with van der Waals surface area (Å²) in [7, 11) is 1.95. The van der Waals surface area contributed by atoms with Crippen LogP contribution in [0.15, 0.2) is 22.6 Å². The van der Waals surface area contributed by atoms with Crippen LogP contribution >= 0.6 is 22.6 Å². The van der Waals surface area contributed by atoms with Crippen molar-refractivity contribution in [2.24, 2.45) is 0 Å². The van der Waals surface area contributed by atoms with Gasteiger partial charge < -0.3 is 9.73 Å². The summed E-state index contributed by atoms with van der Waals surface area (Å²) in [5.74, 6) is 1.04. The first-order valence-electron chi connectivity index (χ1n) is 4.99. The van der Waals surface area contributed by atoms with Crippen molar-refractivity contribution in [3.63, 3.8) is 0 Å². The zero-order valence-electron chi connectivity index (χ0n) is 9.10. The molecule has 80 valence electrons. The summed E-state index contributed by atoms with van der Waals surface area (Å²) in [5.41, 5.74) is 2.22. The summed E-state index contributed by atoms with van der Waals surface area (Å²) in [6, 6.07) is 6.53. The van der Waals surface area contributed by atoms with Crippen LogP contribution in [0.5, 0.6) is 0 Å². The minimum absolute atomic E-state index is 0.259. The van der Waals surface area contributed by atoms with Crippen LogP contribution in [-0.4, -0.2) is 7.05 Å². The molecule has 0 saturated heterocycles. The average molecular weight is 315 g/mol. The molecule has 2 rings (SSSR count). The highest BCUT2D eigenvalue weighted by Crippen LogP contribution is 2.30. The molecule has 0 saturated carbocycles. The summed E-state index contributed by atoms with van der Waals surface area (Å²) < 4.78 is 7.08. The Balaban J connectivity index is 2.64. The number of furan rings is 1. The van der Waals surface area contributed by atoms with Crippen LogP contribution in [0.4, 0.5) is 0 Å². The van der Waals surface area contributed by atoms with E-state index in [0.29, 0.717) is 0 Å². The Morgan fingerprint density at radius 2 is 2.13 bits per heavy atom. The topological polar surface area (TPSA) is 25.2 Å². The van der Waals surface area contributed by atoms with Gasteiger partial charge in [-0.25, -0.2) is 0 Å². The second-order valence-electron chi connectivity index (χ2n) is 3.74. The normalized spacial score (nSPS) is 13.3. The molecule has 15 heavy (non-hydrogen) atoms. The number of hydrogen-bond donors (Lipinski definition) is 1. The first kappa shape index (κ1) is 11.0. The third-order valence-electron chi connectivity index (χ3n) is 2.76. The van der Waals surface area contributed by atoms with E-state index in [-0.39, 0.29) is 6.04 Å². The molecule has 0 spiro atoms. The van der Waals surface area contributed by atoms with Crippen molar-refractivity contribution in [2.75, 3.05) is 7.05 Å². The molecule has 0 aliphatic heterocycles. The van der Waals surface area contributed by atoms with Gasteiger partial charge in [0.05, 0.1) is 6.04 Å². The Bertz CT molecular complexity index is 490. The molecule has 0 amide bonds. The number of aryl methyl sites for hydroxylation is 1. The Hall–Kier alpha value is -0.550. The molecule has 1 unspecified atom stereocenters. The van der Waals surface area contributed by atoms with Crippen molar-refractivity contribution in [1.82, 2.24) is 5.32 Å². The van der Waals surface area contributed by atoms with E-state index in [2.05, 4.69) is 53.9 Å². The zero-order chi connectivity index (χ0) is 11.0. The van der Waals surface area contributed by atoms with Crippen molar-refractivity contribution in [3.05, 3.63) is 33.1 Å². The van der Waals surface area contributed by atoms with Crippen LogP contribution in [0.2, 0.25) is 0 Å². The summed E-state index contributed by atoms with van der Waals surface area (Å²) in [4.78, 5) is 0. The van der Waals surface area contributed by atoms with Crippen LogP contribution < -0.4 is 5.32 Å². The Labute approximate surface area is 103 Å². The third-order valence-corrected chi connectivity index (χ3v) is 3.43. The summed E-state index contributed by atoms with van der Waals surface area (Å²) in [6.07, 6.45) is 0. The van der Waals surface area contributed by atoms with Crippen LogP contribution in [0.1, 0.15) is 24.3 Å². The minimum atomic E-state index is 0.259. The van der Waals surface area contributed by atoms with E-state index in [4.69, 9.17) is 4.42 Å². The van der Waals surface area contributed by atoms with Crippen LogP contribution in [-0.2, 0) is 0 Å². The molecule has 1 aromatic heterocycles. The Kier molecular flexibility index (Phi) is 3.02. The number of halogens is 1. The fourth-order valence-electron chi connectivity index (χ4n) is 1.76.